The Morgan fingerprint density at radius 2 is 1.88 bits per heavy atom. The molecule has 5 rings (SSSR count). The van der Waals surface area contributed by atoms with Gasteiger partial charge >= 0.3 is 0 Å². The highest BCUT2D eigenvalue weighted by Crippen LogP contribution is 2.38. The van der Waals surface area contributed by atoms with Crippen molar-refractivity contribution in [3.63, 3.8) is 0 Å². The van der Waals surface area contributed by atoms with E-state index in [0.29, 0.717) is 57.1 Å². The van der Waals surface area contributed by atoms with Crippen LogP contribution in [0.5, 0.6) is 0 Å². The fraction of sp³-hybridized carbons (Fsp3) is 0.400. The summed E-state index contributed by atoms with van der Waals surface area (Å²) < 4.78 is 49.0. The smallest absolute Gasteiger partial charge is 0.243 e. The average Bonchev–Trinajstić information content (AvgIpc) is 3.01. The summed E-state index contributed by atoms with van der Waals surface area (Å²) in [6.45, 7) is 2.15. The molecule has 3 aromatic rings. The van der Waals surface area contributed by atoms with Crippen LogP contribution < -0.4 is 16.4 Å². The third kappa shape index (κ3) is 6.36. The minimum atomic E-state index is -3.73. The molecule has 0 spiro atoms. The molecule has 1 amide bonds. The lowest BCUT2D eigenvalue weighted by Gasteiger charge is -2.41. The summed E-state index contributed by atoms with van der Waals surface area (Å²) in [7, 11) is -3.73. The molecule has 0 unspecified atom stereocenters. The van der Waals surface area contributed by atoms with Crippen LogP contribution >= 0.6 is 11.6 Å². The molecule has 0 bridgehead atoms. The van der Waals surface area contributed by atoms with Gasteiger partial charge in [0.1, 0.15) is 5.82 Å². The number of nitrogens with one attached hydrogen (secondary N) is 2. The fourth-order valence-corrected chi connectivity index (χ4v) is 7.73. The van der Waals surface area contributed by atoms with Crippen LogP contribution in [0.3, 0.4) is 0 Å². The molecule has 42 heavy (non-hydrogen) atoms. The van der Waals surface area contributed by atoms with E-state index < -0.39 is 39.2 Å². The van der Waals surface area contributed by atoms with E-state index in [1.165, 1.54) is 10.5 Å². The van der Waals surface area contributed by atoms with Gasteiger partial charge in [0.25, 0.3) is 0 Å². The average molecular weight is 616 g/mol. The van der Waals surface area contributed by atoms with Crippen LogP contribution in [0, 0.1) is 5.82 Å². The van der Waals surface area contributed by atoms with Gasteiger partial charge in [-0.25, -0.2) is 12.8 Å². The Bertz CT molecular complexity index is 1490. The highest BCUT2D eigenvalue weighted by atomic mass is 35.5. The summed E-state index contributed by atoms with van der Waals surface area (Å²) >= 11 is 6.11. The van der Waals surface area contributed by atoms with Crippen molar-refractivity contribution < 1.29 is 22.3 Å². The number of halogens is 2. The summed E-state index contributed by atoms with van der Waals surface area (Å²) in [6.07, 6.45) is 4.09. The van der Waals surface area contributed by atoms with E-state index in [0.717, 1.165) is 11.8 Å². The number of hydrogen-bond donors (Lipinski definition) is 3. The molecule has 2 aliphatic heterocycles. The number of nitrogens with two attached hydrogens (primary N) is 1. The quantitative estimate of drug-likeness (QED) is 0.336. The maximum atomic E-state index is 15.2. The lowest BCUT2D eigenvalue weighted by molar-refractivity contribution is -0.120. The van der Waals surface area contributed by atoms with Gasteiger partial charge < -0.3 is 21.1 Å². The highest BCUT2D eigenvalue weighted by molar-refractivity contribution is 7.89. The number of pyridine rings is 1. The summed E-state index contributed by atoms with van der Waals surface area (Å²) in [6, 6.07) is 14.2. The van der Waals surface area contributed by atoms with Gasteiger partial charge in [0, 0.05) is 54.9 Å². The maximum absolute atomic E-state index is 15.2. The lowest BCUT2D eigenvalue weighted by Crippen LogP contribution is -2.55. The molecule has 9 nitrogen and oxygen atoms in total. The van der Waals surface area contributed by atoms with Gasteiger partial charge in [0.2, 0.25) is 15.9 Å². The third-order valence-electron chi connectivity index (χ3n) is 8.32. The molecule has 0 saturated carbocycles. The number of hydrogen-bond acceptors (Lipinski definition) is 7. The van der Waals surface area contributed by atoms with Crippen molar-refractivity contribution >= 4 is 33.2 Å². The number of nitrogens with zero attached hydrogens (tertiary/aromatic N) is 2. The number of anilines is 1. The Hall–Kier alpha value is -2.93. The van der Waals surface area contributed by atoms with Crippen molar-refractivity contribution in [1.82, 2.24) is 14.6 Å². The van der Waals surface area contributed by atoms with Crippen LogP contribution in [0.4, 0.5) is 10.1 Å². The summed E-state index contributed by atoms with van der Waals surface area (Å²) in [5.41, 5.74) is 7.32. The monoisotopic (exact) mass is 615 g/mol. The van der Waals surface area contributed by atoms with E-state index in [-0.39, 0.29) is 22.6 Å². The Morgan fingerprint density at radius 1 is 1.17 bits per heavy atom. The number of sulfonamides is 1. The van der Waals surface area contributed by atoms with Crippen LogP contribution in [0.25, 0.3) is 0 Å². The van der Waals surface area contributed by atoms with Gasteiger partial charge in [0.05, 0.1) is 29.0 Å². The number of amides is 1. The first-order valence-electron chi connectivity index (χ1n) is 14.0. The predicted molar refractivity (Wildman–Crippen MR) is 159 cm³/mol. The van der Waals surface area contributed by atoms with Crippen LogP contribution in [-0.2, 0) is 31.4 Å². The molecule has 2 fully saturated rings. The number of piperazine rings is 1. The molecule has 4 N–H and O–H groups in total. The molecule has 224 valence electrons. The van der Waals surface area contributed by atoms with E-state index in [1.807, 2.05) is 12.1 Å². The predicted octanol–water partition coefficient (Wildman–Crippen LogP) is 3.48. The number of ether oxygens (including phenoxy) is 1. The normalized spacial score (nSPS) is 20.1. The van der Waals surface area contributed by atoms with E-state index in [9.17, 15) is 13.2 Å². The first kappa shape index (κ1) is 30.5. The van der Waals surface area contributed by atoms with Crippen molar-refractivity contribution in [3.05, 3.63) is 89.0 Å². The number of benzene rings is 2. The molecular formula is C30H35ClFN5O4S. The molecule has 2 atom stereocenters. The second-order valence-electron chi connectivity index (χ2n) is 10.7. The van der Waals surface area contributed by atoms with Crippen molar-refractivity contribution in [2.24, 2.45) is 5.73 Å². The minimum absolute atomic E-state index is 0.183. The lowest BCUT2D eigenvalue weighted by atomic mass is 9.68. The largest absolute Gasteiger partial charge is 0.381 e. The zero-order valence-electron chi connectivity index (χ0n) is 23.1. The second-order valence-corrected chi connectivity index (χ2v) is 13.0. The number of aromatic nitrogens is 1. The van der Waals surface area contributed by atoms with Gasteiger partial charge in [0.15, 0.2) is 0 Å². The Balaban J connectivity index is 1.35. The maximum Gasteiger partial charge on any atom is 0.243 e. The van der Waals surface area contributed by atoms with Crippen molar-refractivity contribution in [2.75, 3.05) is 38.2 Å². The van der Waals surface area contributed by atoms with Crippen molar-refractivity contribution in [1.29, 1.82) is 0 Å². The third-order valence-corrected chi connectivity index (χ3v) is 10.5. The fourth-order valence-electron chi connectivity index (χ4n) is 5.93. The van der Waals surface area contributed by atoms with Gasteiger partial charge in [-0.3, -0.25) is 9.78 Å². The van der Waals surface area contributed by atoms with E-state index >= 15 is 4.39 Å². The molecule has 0 aliphatic carbocycles. The second kappa shape index (κ2) is 13.2. The summed E-state index contributed by atoms with van der Waals surface area (Å²) in [5.74, 6) is -1.05. The first-order valence-corrected chi connectivity index (χ1v) is 15.8. The SMILES string of the molecule is N[C@H](C(=O)Nc1cncc(F)c1CC[C@H]1CNCCN1S(=O)(=O)c1ccccc1)C1(c2ccc(Cl)cc2)CCOCC1. The molecule has 12 heteroatoms. The molecule has 1 aromatic heterocycles. The van der Waals surface area contributed by atoms with E-state index in [4.69, 9.17) is 22.1 Å². The van der Waals surface area contributed by atoms with E-state index in [2.05, 4.69) is 15.6 Å². The van der Waals surface area contributed by atoms with Crippen LogP contribution in [0.1, 0.15) is 30.4 Å². The molecule has 3 heterocycles. The number of rotatable bonds is 9. The molecular weight excluding hydrogens is 581 g/mol. The van der Waals surface area contributed by atoms with Gasteiger partial charge in [-0.15, -0.1) is 0 Å². The molecule has 2 saturated heterocycles. The van der Waals surface area contributed by atoms with Crippen molar-refractivity contribution in [3.8, 4) is 0 Å². The standard InChI is InChI=1S/C30H35ClFN5O4S/c31-22-8-6-21(7-9-22)30(12-16-41-17-13-30)28(33)29(38)36-27-20-35-19-26(32)25(27)11-10-23-18-34-14-15-37(23)42(39,40)24-4-2-1-3-5-24/h1-9,19-20,23,28,34H,10-18,33H2,(H,36,38)/t23-,28+/m0/s1. The Kier molecular flexibility index (Phi) is 9.56. The van der Waals surface area contributed by atoms with Crippen LogP contribution in [0.15, 0.2) is 71.9 Å². The van der Waals surface area contributed by atoms with Crippen LogP contribution in [0.2, 0.25) is 5.02 Å². The Morgan fingerprint density at radius 3 is 2.60 bits per heavy atom. The summed E-state index contributed by atoms with van der Waals surface area (Å²) in [5, 5.41) is 6.65. The number of carbonyl (C=O) groups is 1. The van der Waals surface area contributed by atoms with E-state index in [1.54, 1.807) is 42.5 Å². The zero-order chi connectivity index (χ0) is 29.7. The zero-order valence-corrected chi connectivity index (χ0v) is 24.7. The highest BCUT2D eigenvalue weighted by Gasteiger charge is 2.44. The topological polar surface area (TPSA) is 127 Å². The van der Waals surface area contributed by atoms with Crippen LogP contribution in [-0.4, -0.2) is 68.5 Å². The molecule has 0 radical (unpaired) electrons. The Labute approximate surface area is 250 Å². The first-order chi connectivity index (χ1) is 20.2. The van der Waals surface area contributed by atoms with Gasteiger partial charge in [-0.2, -0.15) is 4.31 Å². The van der Waals surface area contributed by atoms with Gasteiger partial charge in [-0.05, 0) is 55.5 Å². The van der Waals surface area contributed by atoms with Gasteiger partial charge in [-0.1, -0.05) is 41.9 Å². The number of carbonyl (C=O) groups excluding carboxylic acids is 1. The molecule has 2 aromatic carbocycles. The summed E-state index contributed by atoms with van der Waals surface area (Å²) in [4.78, 5) is 17.8. The minimum Gasteiger partial charge on any atom is -0.381 e. The van der Waals surface area contributed by atoms with Crippen molar-refractivity contribution in [2.45, 2.75) is 48.1 Å². The molecule has 2 aliphatic rings.